The van der Waals surface area contributed by atoms with Crippen LogP contribution in [0.5, 0.6) is 0 Å². The standard InChI is InChI=1S/C24H20N2O4S/c1-2-30-22(27)23(17-11-5-3-6-12-17)21-19-15-9-10-16-20(19)25-26-24(21,23)31(28,29)18-13-7-4-8-14-18/h3-16,21H,2H2,1H3/t21?,23-,24-/m0/s1. The Balaban J connectivity index is 1.86. The van der Waals surface area contributed by atoms with Gasteiger partial charge in [0.25, 0.3) is 0 Å². The van der Waals surface area contributed by atoms with Crippen molar-refractivity contribution in [2.75, 3.05) is 6.61 Å². The smallest absolute Gasteiger partial charge is 0.321 e. The van der Waals surface area contributed by atoms with E-state index in [0.29, 0.717) is 16.8 Å². The van der Waals surface area contributed by atoms with Crippen LogP contribution >= 0.6 is 0 Å². The van der Waals surface area contributed by atoms with Gasteiger partial charge >= 0.3 is 5.97 Å². The number of rotatable bonds is 5. The first kappa shape index (κ1) is 19.6. The van der Waals surface area contributed by atoms with E-state index in [1.165, 1.54) is 12.1 Å². The number of carbonyl (C=O) groups is 1. The van der Waals surface area contributed by atoms with E-state index in [1.54, 1.807) is 55.5 Å². The summed E-state index contributed by atoms with van der Waals surface area (Å²) < 4.78 is 33.7. The first-order chi connectivity index (χ1) is 15.0. The molecule has 1 aliphatic carbocycles. The molecule has 0 spiro atoms. The SMILES string of the molecule is CCOC(=O)[C@]1(c2ccccc2)C2c3ccccc3N=N[C@]21S(=O)(=O)c1ccccc1. The molecule has 0 radical (unpaired) electrons. The largest absolute Gasteiger partial charge is 0.465 e. The Hall–Kier alpha value is -3.32. The fourth-order valence-corrected chi connectivity index (χ4v) is 7.19. The molecule has 3 aromatic rings. The first-order valence-electron chi connectivity index (χ1n) is 10.1. The van der Waals surface area contributed by atoms with Crippen molar-refractivity contribution >= 4 is 21.5 Å². The molecule has 0 aromatic heterocycles. The summed E-state index contributed by atoms with van der Waals surface area (Å²) in [4.78, 5) is 11.9. The summed E-state index contributed by atoms with van der Waals surface area (Å²) in [6.07, 6.45) is 0. The zero-order valence-electron chi connectivity index (χ0n) is 16.8. The number of benzene rings is 3. The third kappa shape index (κ3) is 2.38. The number of azo groups is 1. The average Bonchev–Trinajstić information content (AvgIpc) is 3.48. The van der Waals surface area contributed by atoms with E-state index in [4.69, 9.17) is 4.74 Å². The van der Waals surface area contributed by atoms with Gasteiger partial charge in [-0.15, -0.1) is 0 Å². The lowest BCUT2D eigenvalue weighted by Gasteiger charge is -2.21. The van der Waals surface area contributed by atoms with Crippen LogP contribution in [0.4, 0.5) is 5.69 Å². The molecule has 1 saturated carbocycles. The van der Waals surface area contributed by atoms with Gasteiger partial charge in [0.05, 0.1) is 23.1 Å². The second-order valence-corrected chi connectivity index (χ2v) is 9.70. The van der Waals surface area contributed by atoms with Gasteiger partial charge in [0.2, 0.25) is 14.7 Å². The molecule has 31 heavy (non-hydrogen) atoms. The molecule has 1 fully saturated rings. The van der Waals surface area contributed by atoms with E-state index in [2.05, 4.69) is 10.2 Å². The number of sulfone groups is 1. The molecule has 3 aromatic carbocycles. The second kappa shape index (κ2) is 6.85. The molecule has 1 aliphatic heterocycles. The van der Waals surface area contributed by atoms with Crippen molar-refractivity contribution in [2.24, 2.45) is 10.2 Å². The number of hydrogen-bond acceptors (Lipinski definition) is 6. The van der Waals surface area contributed by atoms with Gasteiger partial charge in [-0.1, -0.05) is 66.7 Å². The fourth-order valence-electron chi connectivity index (χ4n) is 4.87. The van der Waals surface area contributed by atoms with Crippen LogP contribution in [0.1, 0.15) is 24.0 Å². The lowest BCUT2D eigenvalue weighted by molar-refractivity contribution is -0.146. The van der Waals surface area contributed by atoms with Crippen LogP contribution in [-0.4, -0.2) is 25.9 Å². The minimum atomic E-state index is -4.11. The number of hydrogen-bond donors (Lipinski definition) is 0. The molecule has 0 saturated heterocycles. The van der Waals surface area contributed by atoms with Crippen LogP contribution in [0.25, 0.3) is 0 Å². The highest BCUT2D eigenvalue weighted by Crippen LogP contribution is 2.76. The van der Waals surface area contributed by atoms with E-state index in [1.807, 2.05) is 24.3 Å². The number of carbonyl (C=O) groups excluding carboxylic acids is 1. The summed E-state index contributed by atoms with van der Waals surface area (Å²) in [6, 6.07) is 24.2. The normalized spacial score (nSPS) is 25.9. The van der Waals surface area contributed by atoms with Gasteiger partial charge in [0.15, 0.2) is 0 Å². The van der Waals surface area contributed by atoms with Crippen molar-refractivity contribution in [1.29, 1.82) is 0 Å². The molecular formula is C24H20N2O4S. The summed E-state index contributed by atoms with van der Waals surface area (Å²) in [5.74, 6) is -1.36. The van der Waals surface area contributed by atoms with Gasteiger partial charge < -0.3 is 4.74 Å². The topological polar surface area (TPSA) is 85.2 Å². The van der Waals surface area contributed by atoms with Crippen LogP contribution in [0.3, 0.4) is 0 Å². The van der Waals surface area contributed by atoms with Crippen molar-refractivity contribution in [1.82, 2.24) is 0 Å². The molecule has 7 heteroatoms. The quantitative estimate of drug-likeness (QED) is 0.554. The molecule has 5 rings (SSSR count). The summed E-state index contributed by atoms with van der Waals surface area (Å²) in [7, 11) is -4.11. The number of ether oxygens (including phenoxy) is 1. The first-order valence-corrected chi connectivity index (χ1v) is 11.5. The second-order valence-electron chi connectivity index (χ2n) is 7.60. The predicted octanol–water partition coefficient (Wildman–Crippen LogP) is 4.55. The molecule has 3 atom stereocenters. The summed E-state index contributed by atoms with van der Waals surface area (Å²) in [5.41, 5.74) is 0.255. The maximum absolute atomic E-state index is 14.1. The minimum Gasteiger partial charge on any atom is -0.465 e. The lowest BCUT2D eigenvalue weighted by atomic mass is 9.90. The van der Waals surface area contributed by atoms with Crippen LogP contribution in [0, 0.1) is 0 Å². The van der Waals surface area contributed by atoms with Crippen LogP contribution < -0.4 is 0 Å². The number of fused-ring (bicyclic) bond motifs is 3. The average molecular weight is 433 g/mol. The Morgan fingerprint density at radius 3 is 2.23 bits per heavy atom. The number of nitrogens with zero attached hydrogens (tertiary/aromatic N) is 2. The Kier molecular flexibility index (Phi) is 4.34. The Labute approximate surface area is 180 Å². The van der Waals surface area contributed by atoms with Gasteiger partial charge in [-0.3, -0.25) is 4.79 Å². The zero-order chi connectivity index (χ0) is 21.7. The maximum Gasteiger partial charge on any atom is 0.321 e. The molecule has 0 N–H and O–H groups in total. The van der Waals surface area contributed by atoms with Gasteiger partial charge in [0.1, 0.15) is 5.41 Å². The highest BCUT2D eigenvalue weighted by Gasteiger charge is 2.91. The van der Waals surface area contributed by atoms with E-state index in [-0.39, 0.29) is 11.5 Å². The number of esters is 1. The molecular weight excluding hydrogens is 412 g/mol. The van der Waals surface area contributed by atoms with Crippen LogP contribution in [0.15, 0.2) is 100 Å². The Bertz CT molecular complexity index is 1290. The van der Waals surface area contributed by atoms with Crippen LogP contribution in [-0.2, 0) is 24.8 Å². The van der Waals surface area contributed by atoms with Crippen molar-refractivity contribution in [3.8, 4) is 0 Å². The van der Waals surface area contributed by atoms with E-state index in [9.17, 15) is 13.2 Å². The third-order valence-corrected chi connectivity index (χ3v) is 8.50. The van der Waals surface area contributed by atoms with E-state index in [0.717, 1.165) is 0 Å². The fraction of sp³-hybridized carbons (Fsp3) is 0.208. The van der Waals surface area contributed by atoms with Gasteiger partial charge in [-0.05, 0) is 36.2 Å². The molecule has 0 amide bonds. The maximum atomic E-state index is 14.1. The van der Waals surface area contributed by atoms with Gasteiger partial charge in [0, 0.05) is 0 Å². The van der Waals surface area contributed by atoms with Crippen molar-refractivity contribution in [2.45, 2.75) is 28.0 Å². The van der Waals surface area contributed by atoms with Gasteiger partial charge in [-0.2, -0.15) is 10.2 Å². The monoisotopic (exact) mass is 432 g/mol. The summed E-state index contributed by atoms with van der Waals surface area (Å²) in [6.45, 7) is 1.83. The minimum absolute atomic E-state index is 0.0976. The third-order valence-electron chi connectivity index (χ3n) is 6.15. The highest BCUT2D eigenvalue weighted by atomic mass is 32.2. The molecule has 2 aliphatic rings. The van der Waals surface area contributed by atoms with Gasteiger partial charge in [-0.25, -0.2) is 8.42 Å². The highest BCUT2D eigenvalue weighted by molar-refractivity contribution is 7.93. The summed E-state index contributed by atoms with van der Waals surface area (Å²) >= 11 is 0. The van der Waals surface area contributed by atoms with Crippen molar-refractivity contribution in [3.05, 3.63) is 96.1 Å². The van der Waals surface area contributed by atoms with E-state index >= 15 is 0 Å². The molecule has 6 nitrogen and oxygen atoms in total. The predicted molar refractivity (Wildman–Crippen MR) is 115 cm³/mol. The lowest BCUT2D eigenvalue weighted by Crippen LogP contribution is -2.38. The Morgan fingerprint density at radius 1 is 0.935 bits per heavy atom. The zero-order valence-corrected chi connectivity index (χ0v) is 17.6. The van der Waals surface area contributed by atoms with Crippen LogP contribution in [0.2, 0.25) is 0 Å². The molecule has 156 valence electrons. The molecule has 1 heterocycles. The van der Waals surface area contributed by atoms with Crippen molar-refractivity contribution in [3.63, 3.8) is 0 Å². The molecule has 0 bridgehead atoms. The van der Waals surface area contributed by atoms with E-state index < -0.39 is 32.0 Å². The molecule has 1 unspecified atom stereocenters. The summed E-state index contributed by atoms with van der Waals surface area (Å²) in [5, 5.41) is 8.68. The van der Waals surface area contributed by atoms with Crippen molar-refractivity contribution < 1.29 is 17.9 Å². The Morgan fingerprint density at radius 2 is 1.55 bits per heavy atom.